The summed E-state index contributed by atoms with van der Waals surface area (Å²) >= 11 is 0.760. The highest BCUT2D eigenvalue weighted by Crippen LogP contribution is 2.30. The summed E-state index contributed by atoms with van der Waals surface area (Å²) in [6.45, 7) is 7.13. The molecule has 2 aromatic heterocycles. The molecule has 0 bridgehead atoms. The van der Waals surface area contributed by atoms with Crippen LogP contribution in [0.15, 0.2) is 85.2 Å². The van der Waals surface area contributed by atoms with Gasteiger partial charge < -0.3 is 155 Å². The molecule has 3 aliphatic heterocycles. The smallest absolute Gasteiger partial charge is 0.323 e. The Balaban J connectivity index is 1.27. The van der Waals surface area contributed by atoms with E-state index >= 15 is 52.7 Å². The number of aliphatic hydroxyl groups is 7. The second-order valence-corrected chi connectivity index (χ2v) is 40.5. The van der Waals surface area contributed by atoms with Gasteiger partial charge in [0.2, 0.25) is 100 Å². The number of nitrogens with one attached hydrogen (secondary N) is 13. The summed E-state index contributed by atoms with van der Waals surface area (Å²) in [5.41, 5.74) is 13.3. The maximum atomic E-state index is 16.3. The summed E-state index contributed by atoms with van der Waals surface area (Å²) in [7, 11) is 3.84. The number of primary amides is 2. The Morgan fingerprint density at radius 2 is 1.05 bits per heavy atom. The summed E-state index contributed by atoms with van der Waals surface area (Å²) in [5, 5.41) is 127. The predicted octanol–water partition coefficient (Wildman–Crippen LogP) is -4.77. The fourth-order valence-corrected chi connectivity index (χ4v) is 19.2. The third-order valence-corrected chi connectivity index (χ3v) is 27.9. The Morgan fingerprint density at radius 3 is 1.69 bits per heavy atom. The van der Waals surface area contributed by atoms with Crippen molar-refractivity contribution in [3.05, 3.63) is 102 Å². The number of thioether (sulfide) groups is 1. The van der Waals surface area contributed by atoms with E-state index < -0.39 is 298 Å². The average molecular weight is 2120 g/mol. The number of hydrogen-bond donors (Lipinski definition) is 24. The number of para-hydroxylation sites is 2. The Hall–Kier alpha value is -13.0. The van der Waals surface area contributed by atoms with Gasteiger partial charge in [-0.15, -0.1) is 11.8 Å². The number of carbonyl (C=O) groups is 18. The van der Waals surface area contributed by atoms with Crippen molar-refractivity contribution in [1.29, 1.82) is 0 Å². The van der Waals surface area contributed by atoms with Crippen molar-refractivity contribution in [2.45, 2.75) is 286 Å². The lowest BCUT2D eigenvalue weighted by Crippen LogP contribution is -2.62. The molecule has 8 rings (SSSR count). The fraction of sp³-hybridized carbons (Fsp3) is 0.604. The van der Waals surface area contributed by atoms with E-state index in [0.717, 1.165) is 36.3 Å². The number of fused-ring (bicyclic) bond motifs is 4. The van der Waals surface area contributed by atoms with Crippen LogP contribution in [0.5, 0.6) is 5.75 Å². The van der Waals surface area contributed by atoms with Crippen LogP contribution in [0.3, 0.4) is 0 Å². The van der Waals surface area contributed by atoms with Crippen molar-refractivity contribution >= 4 is 140 Å². The van der Waals surface area contributed by atoms with Crippen molar-refractivity contribution in [3.63, 3.8) is 0 Å². The Bertz CT molecular complexity index is 5460. The number of aromatic hydroxyl groups is 1. The standard InChI is InChI=1S/C101H151N21O27S/c1-11-13-23-76-94(142)110-67(38-55(3)4)91(139)116-74(89(137)107-47-85(103)132)53-150-54-86(133)108-70(40-58-27-29-61(125)30-28-58)97(145)117(8)57(7)88(136)112-72(44-84(102)131)99(147)121-37-19-26-77(121)95(143)115-73(46-105-36-33-81(128)83(130)52-124)93(141)113-69(39-56(5)6)100(148)122-49-62(126)43-79(122)96(144)111-68(41-59-45-106-65-22-17-15-20-63(59)65)92(140)109-66(31-34-104-35-32-80(127)82(129)51-123)90(138)114-71(98(146)119(10)78(24-14-12-2)101(149)118(76)9)42-60-48-120(50-87(134)135)75-25-18-16-21-64(60)75/h15-18,20-22,25,27-30,45,48,55-57,62,66-74,76-83,104-106,123-130H,11-14,19,23-24,26,31-44,46-47,49-54H2,1-10H3,(H2,102,131)(H2,103,132)(H,107,137)(H,108,133)(H,109,140)(H,110,142)(H,111,144)(H,112,136)(H,113,141)(H,114,138)(H,115,143)(H,116,139)(H,134,135)/t57-,62+,66-,67-,68-,69-,70-,71-,72-,73-,74-,76-,77-,78-,79-,80-,81+,82?,83?/m0/s1. The first-order valence-corrected chi connectivity index (χ1v) is 52.1. The number of aliphatic carboxylic acids is 1. The Labute approximate surface area is 874 Å². The molecule has 0 saturated carbocycles. The number of aromatic nitrogens is 2. The first-order chi connectivity index (χ1) is 71.2. The molecule has 3 aromatic carbocycles. The van der Waals surface area contributed by atoms with Crippen molar-refractivity contribution in [2.75, 3.05) is 91.7 Å². The number of aliphatic hydroxyl groups excluding tert-OH is 7. The fourth-order valence-electron chi connectivity index (χ4n) is 18.4. The summed E-state index contributed by atoms with van der Waals surface area (Å²) in [5.74, 6) is -19.9. The molecule has 0 radical (unpaired) electrons. The van der Waals surface area contributed by atoms with Gasteiger partial charge in [0.25, 0.3) is 0 Å². The van der Waals surface area contributed by atoms with Crippen molar-refractivity contribution in [3.8, 4) is 5.75 Å². The van der Waals surface area contributed by atoms with E-state index in [1.54, 1.807) is 82.4 Å². The number of carboxylic acid groups (broad SMARTS) is 1. The van der Waals surface area contributed by atoms with E-state index in [1.165, 1.54) is 63.1 Å². The van der Waals surface area contributed by atoms with Crippen LogP contribution in [0.2, 0.25) is 0 Å². The van der Waals surface area contributed by atoms with Gasteiger partial charge in [-0.25, -0.2) is 0 Å². The van der Waals surface area contributed by atoms with Gasteiger partial charge in [-0.05, 0) is 137 Å². The minimum Gasteiger partial charge on any atom is -0.508 e. The van der Waals surface area contributed by atoms with Crippen LogP contribution < -0.4 is 75.3 Å². The predicted molar refractivity (Wildman–Crippen MR) is 550 cm³/mol. The molecule has 2 unspecified atom stereocenters. The van der Waals surface area contributed by atoms with Crippen molar-refractivity contribution in [1.82, 2.24) is 97.9 Å². The number of likely N-dealkylation sites (N-methyl/N-ethyl adjacent to an activating group) is 3. The molecule has 3 saturated heterocycles. The number of phenolic OH excluding ortho intramolecular Hbond substituents is 1. The van der Waals surface area contributed by atoms with E-state index in [1.807, 2.05) is 13.8 Å². The third kappa shape index (κ3) is 35.9. The van der Waals surface area contributed by atoms with Crippen LogP contribution in [0.25, 0.3) is 21.8 Å². The van der Waals surface area contributed by atoms with Gasteiger partial charge in [0.05, 0.1) is 50.2 Å². The molecular formula is C101H151N21O27S. The average Bonchev–Trinajstić information content (AvgIpc) is 1.64. The van der Waals surface area contributed by atoms with Crippen molar-refractivity contribution < 1.29 is 132 Å². The topological polar surface area (TPSA) is 723 Å². The van der Waals surface area contributed by atoms with E-state index in [-0.39, 0.29) is 115 Å². The highest BCUT2D eigenvalue weighted by molar-refractivity contribution is 8.00. The minimum absolute atomic E-state index is 0.0386. The summed E-state index contributed by atoms with van der Waals surface area (Å²) in [4.78, 5) is 275. The maximum Gasteiger partial charge on any atom is 0.323 e. The molecule has 0 aliphatic carbocycles. The van der Waals surface area contributed by atoms with Gasteiger partial charge in [0.1, 0.15) is 109 Å². The minimum atomic E-state index is -1.84. The molecule has 17 amide bonds. The lowest BCUT2D eigenvalue weighted by Gasteiger charge is -2.36. The number of unbranched alkanes of at least 4 members (excludes halogenated alkanes) is 2. The van der Waals surface area contributed by atoms with Crippen LogP contribution >= 0.6 is 11.8 Å². The van der Waals surface area contributed by atoms with Gasteiger partial charge in [-0.3, -0.25) is 86.3 Å². The first kappa shape index (κ1) is 122. The molecule has 3 fully saturated rings. The lowest BCUT2D eigenvalue weighted by atomic mass is 9.99. The summed E-state index contributed by atoms with van der Waals surface area (Å²) in [6.07, 6.45) is -6.62. The number of hydrogen-bond acceptors (Lipinski definition) is 29. The van der Waals surface area contributed by atoms with E-state index in [9.17, 15) is 79.5 Å². The number of aromatic amines is 1. The lowest BCUT2D eigenvalue weighted by molar-refractivity contribution is -0.149. The molecule has 0 spiro atoms. The SMILES string of the molecule is CCCC[C@H]1C(=O)N(C)[C@@H](CCCC)C(=O)N[C@@H](CC(C)C)C(=O)N[C@H](C(=O)NCC(N)=O)CSCC(=O)N[C@@H](Cc2ccc(O)cc2)C(=O)N(C)[C@@H](C)C(=O)N[C@@H](CC(N)=O)C(=O)N2CCC[C@H]2C(=O)N[C@@H](CNCC[C@@H](O)C(O)CO)C(=O)N[C@@H](CC(C)C)C(=O)N2C[C@H](O)C[C@H]2C(=O)N[C@@H](Cc2c[nH]c3ccccc23)C(=O)N[C@@H](CCNCC[C@H](O)C(O)CO)C(=O)N[C@@H](Cc2cn(CC(=O)O)c3ccccc23)C(=O)N1C. The molecular weight excluding hydrogens is 1970 g/mol. The monoisotopic (exact) mass is 2120 g/mol. The van der Waals surface area contributed by atoms with Gasteiger partial charge in [-0.1, -0.05) is 116 Å². The number of benzene rings is 3. The zero-order chi connectivity index (χ0) is 111. The van der Waals surface area contributed by atoms with Crippen LogP contribution in [0.4, 0.5) is 0 Å². The number of H-pyrrole nitrogens is 1. The van der Waals surface area contributed by atoms with Crippen LogP contribution in [0.1, 0.15) is 161 Å². The number of nitrogens with two attached hydrogens (primary N) is 2. The quantitative estimate of drug-likeness (QED) is 0.0165. The number of phenols is 1. The number of rotatable bonds is 38. The second kappa shape index (κ2) is 59.6. The van der Waals surface area contributed by atoms with E-state index in [2.05, 4.69) is 68.8 Å². The normalized spacial score (nSPS) is 24.4. The van der Waals surface area contributed by atoms with Crippen molar-refractivity contribution in [2.24, 2.45) is 23.3 Å². The molecule has 48 nitrogen and oxygen atoms in total. The number of carbonyl (C=O) groups excluding carboxylic acids is 17. The van der Waals surface area contributed by atoms with Crippen LogP contribution in [0, 0.1) is 11.8 Å². The number of nitrogens with zero attached hydrogens (tertiary/aromatic N) is 6. The largest absolute Gasteiger partial charge is 0.508 e. The van der Waals surface area contributed by atoms with Crippen LogP contribution in [-0.2, 0) is 112 Å². The maximum absolute atomic E-state index is 16.3. The first-order valence-electron chi connectivity index (χ1n) is 50.9. The molecule has 828 valence electrons. The van der Waals surface area contributed by atoms with E-state index in [0.29, 0.717) is 57.8 Å². The molecule has 26 N–H and O–H groups in total. The number of amides is 17. The molecule has 3 aliphatic rings. The molecule has 19 atom stereocenters. The van der Waals surface area contributed by atoms with Gasteiger partial charge in [0, 0.05) is 106 Å². The third-order valence-electron chi connectivity index (χ3n) is 26.8. The Morgan fingerprint density at radius 1 is 0.520 bits per heavy atom. The molecule has 5 heterocycles. The highest BCUT2D eigenvalue weighted by Gasteiger charge is 2.47. The van der Waals surface area contributed by atoms with Gasteiger partial charge in [-0.2, -0.15) is 0 Å². The summed E-state index contributed by atoms with van der Waals surface area (Å²) < 4.78 is 1.41. The van der Waals surface area contributed by atoms with Gasteiger partial charge >= 0.3 is 5.97 Å². The zero-order valence-electron chi connectivity index (χ0n) is 86.5. The zero-order valence-corrected chi connectivity index (χ0v) is 87.4. The highest BCUT2D eigenvalue weighted by atomic mass is 32.2. The molecule has 49 heteroatoms. The molecule has 150 heavy (non-hydrogen) atoms. The Kier molecular flexibility index (Phi) is 48.5. The van der Waals surface area contributed by atoms with Crippen LogP contribution in [-0.4, -0.2) is 393 Å². The van der Waals surface area contributed by atoms with E-state index in [4.69, 9.17) is 11.5 Å². The second-order valence-electron chi connectivity index (χ2n) is 39.4. The summed E-state index contributed by atoms with van der Waals surface area (Å²) in [6, 6.07) is -3.59. The number of carboxylic acids is 1. The molecule has 5 aromatic rings. The van der Waals surface area contributed by atoms with Gasteiger partial charge in [0.15, 0.2) is 0 Å².